The number of allylic oxidation sites excluding steroid dienone is 2. The Bertz CT molecular complexity index is 536. The van der Waals surface area contributed by atoms with Gasteiger partial charge in [-0.05, 0) is 44.4 Å². The summed E-state index contributed by atoms with van der Waals surface area (Å²) in [5, 5.41) is 11.5. The van der Waals surface area contributed by atoms with Crippen LogP contribution in [0, 0.1) is 0 Å². The summed E-state index contributed by atoms with van der Waals surface area (Å²) in [6, 6.07) is 0. The fourth-order valence-corrected chi connectivity index (χ4v) is 3.74. The maximum Gasteiger partial charge on any atom is 1.00 e. The minimum Gasteiger partial charge on any atom is -0.862 e. The van der Waals surface area contributed by atoms with Crippen molar-refractivity contribution in [1.29, 1.82) is 0 Å². The molecule has 31 heavy (non-hydrogen) atoms. The molecule has 0 amide bonds. The molecule has 0 saturated heterocycles. The van der Waals surface area contributed by atoms with Crippen molar-refractivity contribution in [2.45, 2.75) is 122 Å². The van der Waals surface area contributed by atoms with Gasteiger partial charge in [-0.3, -0.25) is 4.55 Å². The van der Waals surface area contributed by atoms with Crippen molar-refractivity contribution < 1.29 is 69.5 Å². The van der Waals surface area contributed by atoms with Gasteiger partial charge in [-0.25, -0.2) is 0 Å². The molecule has 0 spiro atoms. The average Bonchev–Trinajstić information content (AvgIpc) is 2.68. The molecular formula is C24H46KNO4S. The van der Waals surface area contributed by atoms with Crippen LogP contribution in [0.2, 0.25) is 0 Å². The van der Waals surface area contributed by atoms with Crippen LogP contribution in [0.3, 0.4) is 0 Å². The number of hydrogen-bond donors (Lipinski definition) is 1. The third-order valence-electron chi connectivity index (χ3n) is 5.29. The van der Waals surface area contributed by atoms with Crippen LogP contribution in [-0.2, 0) is 10.1 Å². The third kappa shape index (κ3) is 30.8. The van der Waals surface area contributed by atoms with Crippen LogP contribution in [0.4, 0.5) is 0 Å². The second kappa shape index (κ2) is 25.4. The van der Waals surface area contributed by atoms with Gasteiger partial charge in [0.05, 0.1) is 12.3 Å². The smallest absolute Gasteiger partial charge is 0.862 e. The molecule has 0 aromatic heterocycles. The van der Waals surface area contributed by atoms with E-state index < -0.39 is 15.9 Å². The fourth-order valence-electron chi connectivity index (χ4n) is 3.42. The van der Waals surface area contributed by atoms with Crippen LogP contribution < -0.4 is 56.5 Å². The van der Waals surface area contributed by atoms with Crippen LogP contribution in [0.5, 0.6) is 0 Å². The quantitative estimate of drug-likeness (QED) is 0.0639. The fraction of sp³-hybridized carbons (Fsp3) is 0.875. The predicted octanol–water partition coefficient (Wildman–Crippen LogP) is 3.23. The van der Waals surface area contributed by atoms with E-state index in [0.29, 0.717) is 6.42 Å². The molecule has 0 saturated carbocycles. The molecule has 0 aliphatic heterocycles. The van der Waals surface area contributed by atoms with E-state index in [1.165, 1.54) is 89.9 Å². The zero-order valence-corrected chi connectivity index (χ0v) is 24.3. The van der Waals surface area contributed by atoms with Crippen LogP contribution >= 0.6 is 0 Å². The van der Waals surface area contributed by atoms with Crippen molar-refractivity contribution in [3.8, 4) is 0 Å². The van der Waals surface area contributed by atoms with Crippen LogP contribution in [0.1, 0.15) is 122 Å². The molecule has 0 aliphatic rings. The molecule has 0 rings (SSSR count). The molecular weight excluding hydrogens is 437 g/mol. The molecule has 178 valence electrons. The molecule has 0 aromatic rings. The first kappa shape index (κ1) is 33.9. The van der Waals surface area contributed by atoms with Gasteiger partial charge < -0.3 is 10.1 Å². The topological polar surface area (TPSA) is 89.8 Å². The number of nitrogens with zero attached hydrogens (tertiary/aromatic N) is 1. The molecule has 0 heterocycles. The molecule has 0 atom stereocenters. The predicted molar refractivity (Wildman–Crippen MR) is 127 cm³/mol. The molecule has 0 aromatic carbocycles. The number of aliphatic imine (C=N–C) groups is 1. The number of hydrogen-bond acceptors (Lipinski definition) is 4. The van der Waals surface area contributed by atoms with Crippen molar-refractivity contribution in [2.24, 2.45) is 4.99 Å². The average molecular weight is 484 g/mol. The van der Waals surface area contributed by atoms with Crippen molar-refractivity contribution >= 4 is 16.0 Å². The van der Waals surface area contributed by atoms with E-state index in [1.807, 2.05) is 0 Å². The Labute approximate surface area is 235 Å². The number of rotatable bonds is 22. The summed E-state index contributed by atoms with van der Waals surface area (Å²) in [6.45, 7) is 2.12. The van der Waals surface area contributed by atoms with E-state index in [0.717, 1.165) is 19.3 Å². The van der Waals surface area contributed by atoms with Gasteiger partial charge >= 0.3 is 51.4 Å². The summed E-state index contributed by atoms with van der Waals surface area (Å²) in [5.74, 6) is -0.742. The Morgan fingerprint density at radius 2 is 1.19 bits per heavy atom. The second-order valence-corrected chi connectivity index (χ2v) is 9.88. The molecule has 0 bridgehead atoms. The van der Waals surface area contributed by atoms with E-state index in [1.54, 1.807) is 0 Å². The standard InChI is InChI=1S/C24H47NO4S.K/c1-2-3-4-5-6-7-8-9-10-11-12-13-14-15-16-17-18-19-20-21-24(26)25-22-23-30(27,28)29;/h9-10H,2-8,11-23H2,1H3,(H,25,26)(H,27,28,29);/q;+1/p-1/b10-9-;. The molecule has 5 nitrogen and oxygen atoms in total. The zero-order chi connectivity index (χ0) is 22.3. The maximum absolute atomic E-state index is 11.5. The van der Waals surface area contributed by atoms with Crippen molar-refractivity contribution in [3.63, 3.8) is 0 Å². The van der Waals surface area contributed by atoms with Gasteiger partial charge in [-0.2, -0.15) is 8.42 Å². The van der Waals surface area contributed by atoms with Gasteiger partial charge in [0.15, 0.2) is 0 Å². The first-order valence-corrected chi connectivity index (χ1v) is 13.9. The largest absolute Gasteiger partial charge is 1.00 e. The van der Waals surface area contributed by atoms with E-state index in [2.05, 4.69) is 24.1 Å². The van der Waals surface area contributed by atoms with Crippen LogP contribution in [-0.4, -0.2) is 31.2 Å². The minimum atomic E-state index is -4.02. The zero-order valence-electron chi connectivity index (χ0n) is 20.3. The first-order chi connectivity index (χ1) is 14.5. The Balaban J connectivity index is 0. The van der Waals surface area contributed by atoms with Gasteiger partial charge in [0.25, 0.3) is 10.1 Å². The Morgan fingerprint density at radius 3 is 1.65 bits per heavy atom. The van der Waals surface area contributed by atoms with Gasteiger partial charge in [0.1, 0.15) is 0 Å². The Kier molecular flexibility index (Phi) is 27.8. The molecule has 0 fully saturated rings. The third-order valence-corrected chi connectivity index (χ3v) is 5.99. The van der Waals surface area contributed by atoms with Crippen molar-refractivity contribution in [2.75, 3.05) is 12.3 Å². The molecule has 0 unspecified atom stereocenters. The summed E-state index contributed by atoms with van der Waals surface area (Å²) in [7, 11) is -4.02. The van der Waals surface area contributed by atoms with Gasteiger partial charge in [0.2, 0.25) is 0 Å². The molecule has 7 heteroatoms. The summed E-state index contributed by atoms with van der Waals surface area (Å²) in [5.41, 5.74) is 0. The van der Waals surface area contributed by atoms with E-state index in [4.69, 9.17) is 4.55 Å². The molecule has 1 N–H and O–H groups in total. The van der Waals surface area contributed by atoms with Crippen molar-refractivity contribution in [1.82, 2.24) is 0 Å². The van der Waals surface area contributed by atoms with Crippen LogP contribution in [0.25, 0.3) is 0 Å². The monoisotopic (exact) mass is 483 g/mol. The minimum absolute atomic E-state index is 0. The molecule has 0 radical (unpaired) electrons. The SMILES string of the molecule is CCCCCCCC/C=C\CCCCCCCCCCCC([O-])=NCCS(=O)(=O)O.[K+]. The van der Waals surface area contributed by atoms with Crippen LogP contribution in [0.15, 0.2) is 17.1 Å². The Morgan fingerprint density at radius 1 is 0.774 bits per heavy atom. The Hall–Kier alpha value is 0.756. The summed E-state index contributed by atoms with van der Waals surface area (Å²) < 4.78 is 29.6. The van der Waals surface area contributed by atoms with Gasteiger partial charge in [-0.15, -0.1) is 0 Å². The van der Waals surface area contributed by atoms with E-state index in [-0.39, 0.29) is 63.8 Å². The normalized spacial score (nSPS) is 12.4. The van der Waals surface area contributed by atoms with E-state index >= 15 is 0 Å². The van der Waals surface area contributed by atoms with E-state index in [9.17, 15) is 13.5 Å². The van der Waals surface area contributed by atoms with Gasteiger partial charge in [-0.1, -0.05) is 96.1 Å². The molecule has 0 aliphatic carbocycles. The van der Waals surface area contributed by atoms with Gasteiger partial charge in [0, 0.05) is 0 Å². The second-order valence-electron chi connectivity index (χ2n) is 8.31. The first-order valence-electron chi connectivity index (χ1n) is 12.3. The summed E-state index contributed by atoms with van der Waals surface area (Å²) in [4.78, 5) is 3.64. The summed E-state index contributed by atoms with van der Waals surface area (Å²) in [6.07, 6.45) is 26.5. The summed E-state index contributed by atoms with van der Waals surface area (Å²) >= 11 is 0. The van der Waals surface area contributed by atoms with Crippen molar-refractivity contribution in [3.05, 3.63) is 12.2 Å². The number of unbranched alkanes of at least 4 members (excludes halogenated alkanes) is 15. The maximum atomic E-state index is 11.5.